The highest BCUT2D eigenvalue weighted by atomic mass is 16.1. The van der Waals surface area contributed by atoms with E-state index in [0.29, 0.717) is 5.92 Å². The lowest BCUT2D eigenvalue weighted by Crippen LogP contribution is -2.28. The van der Waals surface area contributed by atoms with Crippen LogP contribution in [0.5, 0.6) is 0 Å². The van der Waals surface area contributed by atoms with Crippen LogP contribution in [0.25, 0.3) is 0 Å². The summed E-state index contributed by atoms with van der Waals surface area (Å²) in [5.41, 5.74) is 4.18. The fourth-order valence-corrected chi connectivity index (χ4v) is 2.43. The predicted molar refractivity (Wildman–Crippen MR) is 65.0 cm³/mol. The first-order valence-corrected chi connectivity index (χ1v) is 5.61. The third-order valence-electron chi connectivity index (χ3n) is 3.53. The van der Waals surface area contributed by atoms with Gasteiger partial charge in [-0.05, 0) is 36.5 Å². The van der Waals surface area contributed by atoms with Crippen molar-refractivity contribution in [3.63, 3.8) is 0 Å². The topological polar surface area (TPSA) is 40.9 Å². The Morgan fingerprint density at radius 1 is 1.38 bits per heavy atom. The molecule has 0 radical (unpaired) electrons. The maximum atomic E-state index is 10.9. The molecule has 1 aromatic carbocycles. The van der Waals surface area contributed by atoms with E-state index in [0.717, 1.165) is 35.6 Å². The van der Waals surface area contributed by atoms with E-state index in [1.165, 1.54) is 5.56 Å². The van der Waals surface area contributed by atoms with E-state index < -0.39 is 0 Å². The smallest absolute Gasteiger partial charge is 0.269 e. The molecule has 1 aliphatic heterocycles. The molecule has 0 amide bonds. The average Bonchev–Trinajstić information content (AvgIpc) is 2.15. The van der Waals surface area contributed by atoms with E-state index in [-0.39, 0.29) is 6.71 Å². The Morgan fingerprint density at radius 3 is 2.38 bits per heavy atom. The van der Waals surface area contributed by atoms with Crippen molar-refractivity contribution < 1.29 is 4.79 Å². The lowest BCUT2D eigenvalue weighted by atomic mass is 9.32. The van der Waals surface area contributed by atoms with Gasteiger partial charge in [0, 0.05) is 11.5 Å². The number of aldehydes is 1. The average molecular weight is 211 g/mol. The molecular formula is C13H14BNO. The third-order valence-corrected chi connectivity index (χ3v) is 3.53. The highest BCUT2D eigenvalue weighted by molar-refractivity contribution is 6.70. The number of hydrogen-bond acceptors (Lipinski definition) is 2. The van der Waals surface area contributed by atoms with E-state index >= 15 is 0 Å². The van der Waals surface area contributed by atoms with Crippen molar-refractivity contribution in [1.82, 2.24) is 0 Å². The zero-order valence-electron chi connectivity index (χ0n) is 9.66. The fraction of sp³-hybridized carbons (Fsp3) is 0.385. The number of nitriles is 1. The van der Waals surface area contributed by atoms with Gasteiger partial charge in [-0.3, -0.25) is 4.79 Å². The van der Waals surface area contributed by atoms with Crippen LogP contribution in [0.2, 0.25) is 12.6 Å². The normalized spacial score (nSPS) is 15.4. The van der Waals surface area contributed by atoms with Crippen molar-refractivity contribution >= 4 is 13.0 Å². The van der Waals surface area contributed by atoms with Gasteiger partial charge in [-0.1, -0.05) is 24.8 Å². The summed E-state index contributed by atoms with van der Waals surface area (Å²) in [7, 11) is 0. The first-order chi connectivity index (χ1) is 7.65. The van der Waals surface area contributed by atoms with Crippen LogP contribution in [-0.4, -0.2) is 13.0 Å². The molecule has 2 nitrogen and oxygen atoms in total. The standard InChI is InChI=1S/C13H14BNO/c1-9-3-11(4-10(2)13(9)7-16)12-5-14(6-12)8-15/h3-4,7,12H,5-6H2,1-2H3. The first kappa shape index (κ1) is 10.9. The van der Waals surface area contributed by atoms with Gasteiger partial charge in [0.05, 0.1) is 0 Å². The van der Waals surface area contributed by atoms with E-state index in [9.17, 15) is 4.79 Å². The van der Waals surface area contributed by atoms with Crippen LogP contribution in [-0.2, 0) is 0 Å². The van der Waals surface area contributed by atoms with Crippen LogP contribution in [0, 0.1) is 25.1 Å². The van der Waals surface area contributed by atoms with Gasteiger partial charge in [0.2, 0.25) is 0 Å². The van der Waals surface area contributed by atoms with Crippen molar-refractivity contribution in [3.8, 4) is 5.97 Å². The van der Waals surface area contributed by atoms with Crippen LogP contribution in [0.4, 0.5) is 0 Å². The van der Waals surface area contributed by atoms with Gasteiger partial charge in [-0.15, -0.1) is 0 Å². The molecule has 1 saturated heterocycles. The maximum absolute atomic E-state index is 10.9. The molecule has 0 atom stereocenters. The number of aryl methyl sites for hydroxylation is 2. The summed E-state index contributed by atoms with van der Waals surface area (Å²) in [6, 6.07) is 4.18. The number of rotatable bonds is 2. The number of benzene rings is 1. The minimum atomic E-state index is 0.233. The summed E-state index contributed by atoms with van der Waals surface area (Å²) >= 11 is 0. The molecule has 2 rings (SSSR count). The molecule has 0 aliphatic carbocycles. The molecule has 0 saturated carbocycles. The van der Waals surface area contributed by atoms with Crippen LogP contribution in [0.1, 0.15) is 33.0 Å². The van der Waals surface area contributed by atoms with Gasteiger partial charge < -0.3 is 0 Å². The summed E-state index contributed by atoms with van der Waals surface area (Å²) in [6.07, 6.45) is 2.86. The highest BCUT2D eigenvalue weighted by Gasteiger charge is 2.34. The lowest BCUT2D eigenvalue weighted by Gasteiger charge is -2.29. The Bertz CT molecular complexity index is 446. The van der Waals surface area contributed by atoms with Gasteiger partial charge in [0.25, 0.3) is 6.71 Å². The number of hydrogen-bond donors (Lipinski definition) is 0. The second kappa shape index (κ2) is 4.13. The molecule has 1 aliphatic rings. The monoisotopic (exact) mass is 211 g/mol. The van der Waals surface area contributed by atoms with E-state index in [1.807, 2.05) is 13.8 Å². The second-order valence-corrected chi connectivity index (χ2v) is 4.68. The summed E-state index contributed by atoms with van der Waals surface area (Å²) in [4.78, 5) is 10.9. The maximum Gasteiger partial charge on any atom is 0.269 e. The predicted octanol–water partition coefficient (Wildman–Crippen LogP) is 2.77. The van der Waals surface area contributed by atoms with E-state index in [2.05, 4.69) is 18.1 Å². The van der Waals surface area contributed by atoms with E-state index in [4.69, 9.17) is 5.26 Å². The molecule has 0 spiro atoms. The van der Waals surface area contributed by atoms with Crippen molar-refractivity contribution in [2.24, 2.45) is 0 Å². The Hall–Kier alpha value is -1.56. The van der Waals surface area contributed by atoms with Crippen LogP contribution in [0.15, 0.2) is 12.1 Å². The van der Waals surface area contributed by atoms with Gasteiger partial charge in [-0.2, -0.15) is 0 Å². The van der Waals surface area contributed by atoms with Gasteiger partial charge in [0.15, 0.2) is 6.29 Å². The Labute approximate surface area is 96.4 Å². The zero-order chi connectivity index (χ0) is 11.7. The SMILES string of the molecule is Cc1cc(C2CB(C#N)C2)cc(C)c1C=O. The Balaban J connectivity index is 2.25. The van der Waals surface area contributed by atoms with Crippen molar-refractivity contribution in [2.75, 3.05) is 0 Å². The summed E-state index contributed by atoms with van der Waals surface area (Å²) in [5.74, 6) is 2.81. The van der Waals surface area contributed by atoms with Gasteiger partial charge >= 0.3 is 0 Å². The molecule has 0 bridgehead atoms. The molecule has 0 unspecified atom stereocenters. The largest absolute Gasteiger partial charge is 0.298 e. The third kappa shape index (κ3) is 1.76. The molecular weight excluding hydrogens is 197 g/mol. The molecule has 1 aromatic rings. The lowest BCUT2D eigenvalue weighted by molar-refractivity contribution is 0.112. The minimum absolute atomic E-state index is 0.233. The summed E-state index contributed by atoms with van der Waals surface area (Å²) in [6.45, 7) is 4.18. The number of carbonyl (C=O) groups excluding carboxylic acids is 1. The van der Waals surface area contributed by atoms with Gasteiger partial charge in [-0.25, -0.2) is 5.26 Å². The first-order valence-electron chi connectivity index (χ1n) is 5.61. The molecule has 0 aromatic heterocycles. The number of nitrogens with zero attached hydrogens (tertiary/aromatic N) is 1. The summed E-state index contributed by atoms with van der Waals surface area (Å²) in [5, 5.41) is 8.75. The number of carbonyl (C=O) groups is 1. The quantitative estimate of drug-likeness (QED) is 0.557. The van der Waals surface area contributed by atoms with Crippen molar-refractivity contribution in [1.29, 1.82) is 5.26 Å². The molecule has 1 fully saturated rings. The van der Waals surface area contributed by atoms with Gasteiger partial charge in [0.1, 0.15) is 0 Å². The van der Waals surface area contributed by atoms with E-state index in [1.54, 1.807) is 0 Å². The second-order valence-electron chi connectivity index (χ2n) is 4.68. The van der Waals surface area contributed by atoms with Crippen molar-refractivity contribution in [2.45, 2.75) is 32.4 Å². The molecule has 80 valence electrons. The van der Waals surface area contributed by atoms with Crippen LogP contribution >= 0.6 is 0 Å². The zero-order valence-corrected chi connectivity index (χ0v) is 9.66. The molecule has 3 heteroatoms. The Kier molecular flexibility index (Phi) is 2.83. The summed E-state index contributed by atoms with van der Waals surface area (Å²) < 4.78 is 0. The highest BCUT2D eigenvalue weighted by Crippen LogP contribution is 2.38. The molecule has 16 heavy (non-hydrogen) atoms. The van der Waals surface area contributed by atoms with Crippen LogP contribution in [0.3, 0.4) is 0 Å². The molecule has 1 heterocycles. The minimum Gasteiger partial charge on any atom is -0.298 e. The van der Waals surface area contributed by atoms with Crippen molar-refractivity contribution in [3.05, 3.63) is 34.4 Å². The Morgan fingerprint density at radius 2 is 1.94 bits per heavy atom. The fourth-order valence-electron chi connectivity index (χ4n) is 2.43. The molecule has 0 N–H and O–H groups in total. The van der Waals surface area contributed by atoms with Crippen LogP contribution < -0.4 is 0 Å².